The van der Waals surface area contributed by atoms with Gasteiger partial charge in [-0.25, -0.2) is 9.59 Å². The molecule has 0 aliphatic heterocycles. The Hall–Kier alpha value is -2.04. The molecule has 0 saturated carbocycles. The van der Waals surface area contributed by atoms with Crippen LogP contribution in [0.25, 0.3) is 0 Å². The van der Waals surface area contributed by atoms with Crippen LogP contribution in [-0.2, 0) is 9.47 Å². The van der Waals surface area contributed by atoms with Gasteiger partial charge in [-0.05, 0) is 45.9 Å². The molecule has 0 amide bonds. The van der Waals surface area contributed by atoms with Crippen molar-refractivity contribution in [3.05, 3.63) is 29.3 Å². The number of carbonyl (C=O) groups excluding carboxylic acids is 2. The highest BCUT2D eigenvalue weighted by molar-refractivity contribution is 5.96. The molecule has 1 aromatic rings. The van der Waals surface area contributed by atoms with Crippen molar-refractivity contribution < 1.29 is 19.1 Å². The highest BCUT2D eigenvalue weighted by atomic mass is 16.5. The SMILES string of the molecule is CC(C)OC(=O)c1cc(N)cc(C(=O)OC(C)C)c1. The smallest absolute Gasteiger partial charge is 0.338 e. The highest BCUT2D eigenvalue weighted by Gasteiger charge is 2.15. The van der Waals surface area contributed by atoms with E-state index in [0.717, 1.165) is 0 Å². The summed E-state index contributed by atoms with van der Waals surface area (Å²) < 4.78 is 10.1. The minimum Gasteiger partial charge on any atom is -0.459 e. The molecule has 0 unspecified atom stereocenters. The highest BCUT2D eigenvalue weighted by Crippen LogP contribution is 2.15. The lowest BCUT2D eigenvalue weighted by molar-refractivity contribution is 0.0378. The second-order valence-electron chi connectivity index (χ2n) is 4.75. The van der Waals surface area contributed by atoms with Crippen molar-refractivity contribution in [1.82, 2.24) is 0 Å². The van der Waals surface area contributed by atoms with Crippen LogP contribution in [0.5, 0.6) is 0 Å². The molecule has 0 radical (unpaired) electrons. The van der Waals surface area contributed by atoms with Crippen molar-refractivity contribution >= 4 is 17.6 Å². The Kier molecular flexibility index (Phi) is 4.92. The molecule has 0 heterocycles. The lowest BCUT2D eigenvalue weighted by atomic mass is 10.1. The summed E-state index contributed by atoms with van der Waals surface area (Å²) in [5.41, 5.74) is 6.48. The molecule has 0 fully saturated rings. The largest absolute Gasteiger partial charge is 0.459 e. The van der Waals surface area contributed by atoms with E-state index in [-0.39, 0.29) is 23.3 Å². The van der Waals surface area contributed by atoms with Crippen molar-refractivity contribution in [2.75, 3.05) is 5.73 Å². The number of esters is 2. The van der Waals surface area contributed by atoms with Gasteiger partial charge in [-0.15, -0.1) is 0 Å². The zero-order valence-electron chi connectivity index (χ0n) is 11.6. The maximum Gasteiger partial charge on any atom is 0.338 e. The van der Waals surface area contributed by atoms with Gasteiger partial charge in [0.2, 0.25) is 0 Å². The summed E-state index contributed by atoms with van der Waals surface area (Å²) in [6.07, 6.45) is -0.472. The Bertz CT molecular complexity index is 440. The third-order valence-corrected chi connectivity index (χ3v) is 2.11. The van der Waals surface area contributed by atoms with Crippen LogP contribution in [0.15, 0.2) is 18.2 Å². The number of hydrogen-bond donors (Lipinski definition) is 1. The minimum atomic E-state index is -0.513. The average molecular weight is 265 g/mol. The quantitative estimate of drug-likeness (QED) is 0.668. The fourth-order valence-corrected chi connectivity index (χ4v) is 1.45. The van der Waals surface area contributed by atoms with E-state index < -0.39 is 11.9 Å². The minimum absolute atomic E-state index is 0.236. The normalized spacial score (nSPS) is 10.6. The summed E-state index contributed by atoms with van der Waals surface area (Å²) in [6.45, 7) is 6.99. The van der Waals surface area contributed by atoms with Gasteiger partial charge in [-0.1, -0.05) is 0 Å². The Morgan fingerprint density at radius 2 is 1.26 bits per heavy atom. The van der Waals surface area contributed by atoms with Gasteiger partial charge in [0.1, 0.15) is 0 Å². The molecule has 5 nitrogen and oxygen atoms in total. The number of nitrogens with two attached hydrogens (primary N) is 1. The van der Waals surface area contributed by atoms with E-state index in [4.69, 9.17) is 15.2 Å². The van der Waals surface area contributed by atoms with Crippen LogP contribution in [0.3, 0.4) is 0 Å². The van der Waals surface area contributed by atoms with Gasteiger partial charge >= 0.3 is 11.9 Å². The number of hydrogen-bond acceptors (Lipinski definition) is 5. The van der Waals surface area contributed by atoms with Gasteiger partial charge in [-0.3, -0.25) is 0 Å². The standard InChI is InChI=1S/C14H19NO4/c1-8(2)18-13(16)10-5-11(7-12(15)6-10)14(17)19-9(3)4/h5-9H,15H2,1-4H3. The monoisotopic (exact) mass is 265 g/mol. The second kappa shape index (κ2) is 6.22. The third kappa shape index (κ3) is 4.62. The van der Waals surface area contributed by atoms with Gasteiger partial charge < -0.3 is 15.2 Å². The van der Waals surface area contributed by atoms with Gasteiger partial charge in [0.25, 0.3) is 0 Å². The third-order valence-electron chi connectivity index (χ3n) is 2.11. The molecule has 0 atom stereocenters. The lowest BCUT2D eigenvalue weighted by Gasteiger charge is -2.11. The first-order valence-electron chi connectivity index (χ1n) is 6.12. The fourth-order valence-electron chi connectivity index (χ4n) is 1.45. The summed E-state index contributed by atoms with van der Waals surface area (Å²) in [4.78, 5) is 23.5. The van der Waals surface area contributed by atoms with E-state index in [1.165, 1.54) is 18.2 Å². The molecule has 1 rings (SSSR count). The molecule has 0 bridgehead atoms. The van der Waals surface area contributed by atoms with E-state index in [1.807, 2.05) is 0 Å². The zero-order valence-corrected chi connectivity index (χ0v) is 11.6. The fraction of sp³-hybridized carbons (Fsp3) is 0.429. The number of carbonyl (C=O) groups is 2. The Labute approximate surface area is 112 Å². The topological polar surface area (TPSA) is 78.6 Å². The molecular formula is C14H19NO4. The van der Waals surface area contributed by atoms with Crippen LogP contribution in [0.2, 0.25) is 0 Å². The van der Waals surface area contributed by atoms with Crippen LogP contribution >= 0.6 is 0 Å². The molecular weight excluding hydrogens is 246 g/mol. The molecule has 0 aromatic heterocycles. The molecule has 104 valence electrons. The van der Waals surface area contributed by atoms with E-state index in [9.17, 15) is 9.59 Å². The lowest BCUT2D eigenvalue weighted by Crippen LogP contribution is -2.15. The summed E-state index contributed by atoms with van der Waals surface area (Å²) in [5, 5.41) is 0. The number of nitrogen functional groups attached to an aromatic ring is 1. The van der Waals surface area contributed by atoms with Crippen LogP contribution < -0.4 is 5.73 Å². The predicted molar refractivity (Wildman–Crippen MR) is 72.0 cm³/mol. The molecule has 1 aromatic carbocycles. The number of anilines is 1. The Morgan fingerprint density at radius 3 is 1.58 bits per heavy atom. The molecule has 19 heavy (non-hydrogen) atoms. The number of benzene rings is 1. The first kappa shape index (κ1) is 15.0. The maximum absolute atomic E-state index is 11.8. The van der Waals surface area contributed by atoms with E-state index in [2.05, 4.69) is 0 Å². The molecule has 0 aliphatic rings. The van der Waals surface area contributed by atoms with Crippen molar-refractivity contribution in [2.24, 2.45) is 0 Å². The van der Waals surface area contributed by atoms with Crippen molar-refractivity contribution in [1.29, 1.82) is 0 Å². The predicted octanol–water partition coefficient (Wildman–Crippen LogP) is 2.40. The van der Waals surface area contributed by atoms with Gasteiger partial charge in [0.05, 0.1) is 23.3 Å². The second-order valence-corrected chi connectivity index (χ2v) is 4.75. The first-order valence-corrected chi connectivity index (χ1v) is 6.12. The Morgan fingerprint density at radius 1 is 0.895 bits per heavy atom. The Balaban J connectivity index is 3.00. The van der Waals surface area contributed by atoms with Gasteiger partial charge in [0, 0.05) is 5.69 Å². The maximum atomic E-state index is 11.8. The molecule has 0 spiro atoms. The van der Waals surface area contributed by atoms with Crippen LogP contribution in [0, 0.1) is 0 Å². The first-order chi connectivity index (χ1) is 8.79. The number of ether oxygens (including phenoxy) is 2. The summed E-state index contributed by atoms with van der Waals surface area (Å²) in [7, 11) is 0. The van der Waals surface area contributed by atoms with Crippen LogP contribution in [0.4, 0.5) is 5.69 Å². The van der Waals surface area contributed by atoms with Gasteiger partial charge in [-0.2, -0.15) is 0 Å². The summed E-state index contributed by atoms with van der Waals surface area (Å²) >= 11 is 0. The van der Waals surface area contributed by atoms with E-state index in [0.29, 0.717) is 5.69 Å². The van der Waals surface area contributed by atoms with Crippen molar-refractivity contribution in [2.45, 2.75) is 39.9 Å². The molecule has 5 heteroatoms. The van der Waals surface area contributed by atoms with E-state index in [1.54, 1.807) is 27.7 Å². The summed E-state index contributed by atoms with van der Waals surface area (Å²) in [6, 6.07) is 4.36. The molecule has 0 aliphatic carbocycles. The van der Waals surface area contributed by atoms with Crippen molar-refractivity contribution in [3.63, 3.8) is 0 Å². The van der Waals surface area contributed by atoms with Crippen LogP contribution in [-0.4, -0.2) is 24.1 Å². The average Bonchev–Trinajstić information content (AvgIpc) is 2.26. The van der Waals surface area contributed by atoms with Gasteiger partial charge in [0.15, 0.2) is 0 Å². The van der Waals surface area contributed by atoms with E-state index >= 15 is 0 Å². The zero-order chi connectivity index (χ0) is 14.6. The summed E-state index contributed by atoms with van der Waals surface area (Å²) in [5.74, 6) is -1.03. The van der Waals surface area contributed by atoms with Crippen molar-refractivity contribution in [3.8, 4) is 0 Å². The van der Waals surface area contributed by atoms with Crippen LogP contribution in [0.1, 0.15) is 48.4 Å². The molecule has 2 N–H and O–H groups in total. The molecule has 0 saturated heterocycles. The number of rotatable bonds is 4.